The summed E-state index contributed by atoms with van der Waals surface area (Å²) in [5.74, 6) is 0.485. The lowest BCUT2D eigenvalue weighted by Crippen LogP contribution is -2.79. The molecule has 9 bridgehead atoms. The first-order valence-electron chi connectivity index (χ1n) is 12.3. The summed E-state index contributed by atoms with van der Waals surface area (Å²) in [5, 5.41) is 24.0. The van der Waals surface area contributed by atoms with Gasteiger partial charge in [0.15, 0.2) is 0 Å². The third-order valence-electron chi connectivity index (χ3n) is 11.5. The van der Waals surface area contributed by atoms with Crippen molar-refractivity contribution in [2.24, 2.45) is 40.4 Å². The van der Waals surface area contributed by atoms with E-state index >= 15 is 0 Å². The zero-order chi connectivity index (χ0) is 21.5. The smallest absolute Gasteiger partial charge is 0.119 e. The van der Waals surface area contributed by atoms with E-state index in [0.29, 0.717) is 18.9 Å². The van der Waals surface area contributed by atoms with Gasteiger partial charge in [-0.3, -0.25) is 4.90 Å². The van der Waals surface area contributed by atoms with Gasteiger partial charge in [-0.15, -0.1) is 0 Å². The summed E-state index contributed by atoms with van der Waals surface area (Å²) >= 11 is 0. The van der Waals surface area contributed by atoms with Crippen LogP contribution in [-0.4, -0.2) is 91.9 Å². The Morgan fingerprint density at radius 2 is 1.97 bits per heavy atom. The number of methoxy groups -OCH3 is 3. The van der Waals surface area contributed by atoms with E-state index in [9.17, 15) is 10.2 Å². The monoisotopic (exact) mass is 435 g/mol. The summed E-state index contributed by atoms with van der Waals surface area (Å²) in [6.45, 7) is 3.80. The van der Waals surface area contributed by atoms with Gasteiger partial charge < -0.3 is 29.2 Å². The Morgan fingerprint density at radius 3 is 2.65 bits per heavy atom. The van der Waals surface area contributed by atoms with Gasteiger partial charge in [-0.25, -0.2) is 0 Å². The van der Waals surface area contributed by atoms with Gasteiger partial charge in [-0.2, -0.15) is 0 Å². The molecule has 8 rings (SSSR count). The summed E-state index contributed by atoms with van der Waals surface area (Å²) in [5.41, 5.74) is -1.14. The Labute approximate surface area is 184 Å². The van der Waals surface area contributed by atoms with Crippen LogP contribution in [0.2, 0.25) is 0 Å². The molecule has 14 atom stereocenters. The van der Waals surface area contributed by atoms with Crippen molar-refractivity contribution in [3.05, 3.63) is 0 Å². The Kier molecular flexibility index (Phi) is 3.92. The Bertz CT molecular complexity index is 796. The van der Waals surface area contributed by atoms with Gasteiger partial charge in [-0.05, 0) is 31.7 Å². The molecule has 3 saturated heterocycles. The molecule has 3 aliphatic heterocycles. The molecule has 0 aromatic carbocycles. The molecule has 3 heterocycles. The normalized spacial score (nSPS) is 65.0. The summed E-state index contributed by atoms with van der Waals surface area (Å²) in [7, 11) is 5.41. The highest BCUT2D eigenvalue weighted by Gasteiger charge is 2.90. The van der Waals surface area contributed by atoms with Gasteiger partial charge in [0.2, 0.25) is 0 Å². The SMILES string of the molecule is CCN1C2[C@@H]3[C@@H]4O[C@H]1[C@]1(COC)CC[C@H](OC)[C@@]2([C@@H]2C[C@H]5[C@H](O)[C@@H]2[C@]3(O)C[C@@H]5OC)[C@H]41. The second kappa shape index (κ2) is 6.04. The van der Waals surface area contributed by atoms with Gasteiger partial charge in [0, 0.05) is 68.3 Å². The number of rotatable bonds is 5. The van der Waals surface area contributed by atoms with Crippen molar-refractivity contribution >= 4 is 0 Å². The van der Waals surface area contributed by atoms with Crippen LogP contribution in [0.5, 0.6) is 0 Å². The number of fused-ring (bicyclic) bond motifs is 1. The minimum absolute atomic E-state index is 0.00255. The van der Waals surface area contributed by atoms with Gasteiger partial charge in [-0.1, -0.05) is 6.92 Å². The molecule has 31 heavy (non-hydrogen) atoms. The number of nitrogens with zero attached hydrogens (tertiary/aromatic N) is 1. The topological polar surface area (TPSA) is 80.6 Å². The first-order valence-corrected chi connectivity index (χ1v) is 12.3. The third-order valence-corrected chi connectivity index (χ3v) is 11.5. The zero-order valence-corrected chi connectivity index (χ0v) is 19.1. The molecule has 8 fully saturated rings. The Hall–Kier alpha value is -0.280. The van der Waals surface area contributed by atoms with E-state index in [0.717, 1.165) is 25.8 Å². The Morgan fingerprint density at radius 1 is 1.16 bits per heavy atom. The molecule has 7 nitrogen and oxygen atoms in total. The molecular formula is C24H37NO6. The van der Waals surface area contributed by atoms with Crippen LogP contribution >= 0.6 is 0 Å². The predicted octanol–water partition coefficient (Wildman–Crippen LogP) is 0.866. The second-order valence-electron chi connectivity index (χ2n) is 11.7. The van der Waals surface area contributed by atoms with Crippen molar-refractivity contribution in [2.75, 3.05) is 34.5 Å². The molecule has 174 valence electrons. The van der Waals surface area contributed by atoms with Gasteiger partial charge in [0.05, 0.1) is 36.6 Å². The van der Waals surface area contributed by atoms with Gasteiger partial charge >= 0.3 is 0 Å². The van der Waals surface area contributed by atoms with E-state index in [1.807, 2.05) is 14.2 Å². The van der Waals surface area contributed by atoms with Crippen LogP contribution in [0.15, 0.2) is 0 Å². The zero-order valence-electron chi connectivity index (χ0n) is 19.1. The van der Waals surface area contributed by atoms with Crippen LogP contribution in [0.4, 0.5) is 0 Å². The van der Waals surface area contributed by atoms with Crippen molar-refractivity contribution in [1.29, 1.82) is 0 Å². The lowest BCUT2D eigenvalue weighted by molar-refractivity contribution is -0.321. The first-order chi connectivity index (χ1) is 15.0. The fraction of sp³-hybridized carbons (Fsp3) is 1.00. The van der Waals surface area contributed by atoms with Crippen LogP contribution in [0.25, 0.3) is 0 Å². The maximum atomic E-state index is 12.5. The maximum Gasteiger partial charge on any atom is 0.119 e. The fourth-order valence-corrected chi connectivity index (χ4v) is 11.2. The van der Waals surface area contributed by atoms with Crippen molar-refractivity contribution in [3.8, 4) is 0 Å². The van der Waals surface area contributed by atoms with E-state index in [1.54, 1.807) is 7.11 Å². The van der Waals surface area contributed by atoms with Crippen LogP contribution in [0.1, 0.15) is 32.6 Å². The minimum Gasteiger partial charge on any atom is -0.392 e. The highest BCUT2D eigenvalue weighted by atomic mass is 16.5. The molecule has 0 aromatic rings. The van der Waals surface area contributed by atoms with Crippen LogP contribution in [-0.2, 0) is 18.9 Å². The van der Waals surface area contributed by atoms with E-state index in [-0.39, 0.29) is 65.1 Å². The summed E-state index contributed by atoms with van der Waals surface area (Å²) < 4.78 is 25.0. The van der Waals surface area contributed by atoms with Crippen molar-refractivity contribution in [2.45, 2.75) is 74.9 Å². The number of aliphatic hydroxyl groups excluding tert-OH is 1. The number of aliphatic hydroxyl groups is 2. The number of hydrogen-bond donors (Lipinski definition) is 2. The largest absolute Gasteiger partial charge is 0.392 e. The molecule has 7 heteroatoms. The van der Waals surface area contributed by atoms with Crippen LogP contribution in [0, 0.1) is 40.4 Å². The predicted molar refractivity (Wildman–Crippen MR) is 110 cm³/mol. The molecule has 5 aliphatic carbocycles. The average molecular weight is 436 g/mol. The van der Waals surface area contributed by atoms with E-state index in [4.69, 9.17) is 18.9 Å². The first kappa shape index (κ1) is 20.1. The molecule has 0 amide bonds. The molecule has 2 N–H and O–H groups in total. The number of piperidine rings is 1. The molecular weight excluding hydrogens is 398 g/mol. The minimum atomic E-state index is -0.963. The highest BCUT2D eigenvalue weighted by Crippen LogP contribution is 2.82. The summed E-state index contributed by atoms with van der Waals surface area (Å²) in [4.78, 5) is 2.56. The van der Waals surface area contributed by atoms with Gasteiger partial charge in [0.25, 0.3) is 0 Å². The Balaban J connectivity index is 1.50. The van der Waals surface area contributed by atoms with Crippen LogP contribution in [0.3, 0.4) is 0 Å². The lowest BCUT2D eigenvalue weighted by Gasteiger charge is -2.70. The molecule has 5 saturated carbocycles. The summed E-state index contributed by atoms with van der Waals surface area (Å²) in [6.07, 6.45) is 3.11. The lowest BCUT2D eigenvalue weighted by atomic mass is 9.43. The maximum absolute atomic E-state index is 12.5. The average Bonchev–Trinajstić information content (AvgIpc) is 3.27. The number of hydrogen-bond acceptors (Lipinski definition) is 7. The third kappa shape index (κ3) is 1.80. The van der Waals surface area contributed by atoms with E-state index in [1.165, 1.54) is 0 Å². The molecule has 0 aromatic heterocycles. The van der Waals surface area contributed by atoms with E-state index in [2.05, 4.69) is 11.8 Å². The fourth-order valence-electron chi connectivity index (χ4n) is 11.2. The van der Waals surface area contributed by atoms with Crippen LogP contribution < -0.4 is 0 Å². The molecule has 8 aliphatic rings. The second-order valence-corrected chi connectivity index (χ2v) is 11.7. The van der Waals surface area contributed by atoms with E-state index < -0.39 is 11.7 Å². The standard InChI is InChI=1S/C24H37NO6/c1-5-25-20-16-18-19-22(10-28-2,21(25)31-18)7-6-14(30-4)24(19,20)12-8-11-13(29-3)9-23(16,27)15(12)17(11)26/h11-21,26-27H,5-10H2,1-4H3/t11-,12-,13+,14+,15-,16+,17+,18+,19-,20?,21+,22+,23-,24+/m1/s1. The van der Waals surface area contributed by atoms with Crippen molar-refractivity contribution in [3.63, 3.8) is 0 Å². The molecule has 1 spiro atoms. The molecule has 1 unspecified atom stereocenters. The highest BCUT2D eigenvalue weighted by molar-refractivity contribution is 5.38. The number of ether oxygens (including phenoxy) is 4. The van der Waals surface area contributed by atoms with Crippen molar-refractivity contribution in [1.82, 2.24) is 4.90 Å². The van der Waals surface area contributed by atoms with Crippen molar-refractivity contribution < 1.29 is 29.2 Å². The summed E-state index contributed by atoms with van der Waals surface area (Å²) in [6, 6.07) is 0.231. The quantitative estimate of drug-likeness (QED) is 0.663. The van der Waals surface area contributed by atoms with Gasteiger partial charge in [0.1, 0.15) is 6.23 Å². The molecule has 0 radical (unpaired) electrons.